The molecule has 3 unspecified atom stereocenters. The second-order valence-corrected chi connectivity index (χ2v) is 6.17. The van der Waals surface area contributed by atoms with Crippen molar-refractivity contribution in [2.75, 3.05) is 25.0 Å². The van der Waals surface area contributed by atoms with Gasteiger partial charge in [-0.25, -0.2) is 4.98 Å². The number of hydrogen-bond donors (Lipinski definition) is 2. The Kier molecular flexibility index (Phi) is 4.10. The minimum absolute atomic E-state index is 0.216. The van der Waals surface area contributed by atoms with Crippen molar-refractivity contribution in [3.8, 4) is 0 Å². The van der Waals surface area contributed by atoms with Crippen LogP contribution in [-0.2, 0) is 4.79 Å². The third kappa shape index (κ3) is 3.02. The summed E-state index contributed by atoms with van der Waals surface area (Å²) in [5.74, 6) is 1.83. The number of carbonyl (C=O) groups excluding carboxylic acids is 1. The molecule has 0 aromatic carbocycles. The first kappa shape index (κ1) is 14.3. The van der Waals surface area contributed by atoms with Crippen molar-refractivity contribution in [2.24, 2.45) is 5.92 Å². The number of amides is 1. The summed E-state index contributed by atoms with van der Waals surface area (Å²) in [6.45, 7) is 4.10. The number of aromatic nitrogens is 1. The fraction of sp³-hybridized carbons (Fsp3) is 0.625. The number of piperidine rings is 2. The van der Waals surface area contributed by atoms with Crippen LogP contribution in [0.4, 0.5) is 5.82 Å². The molecule has 0 aliphatic carbocycles. The van der Waals surface area contributed by atoms with Gasteiger partial charge in [-0.05, 0) is 44.4 Å². The number of hydrogen-bond acceptors (Lipinski definition) is 4. The van der Waals surface area contributed by atoms with Gasteiger partial charge in [0.15, 0.2) is 0 Å². The number of nitrogens with zero attached hydrogens (tertiary/aromatic N) is 2. The van der Waals surface area contributed by atoms with Crippen molar-refractivity contribution in [1.29, 1.82) is 0 Å². The lowest BCUT2D eigenvalue weighted by Crippen LogP contribution is -2.54. The SMILES string of the molecule is CNC(C)c1ccc(N2CCC3NC(=O)CCC3C2)nc1. The van der Waals surface area contributed by atoms with Crippen LogP contribution in [-0.4, -0.2) is 37.1 Å². The van der Waals surface area contributed by atoms with Crippen LogP contribution in [0, 0.1) is 5.92 Å². The van der Waals surface area contributed by atoms with Gasteiger partial charge in [0.1, 0.15) is 5.82 Å². The topological polar surface area (TPSA) is 57.3 Å². The van der Waals surface area contributed by atoms with E-state index in [9.17, 15) is 4.79 Å². The summed E-state index contributed by atoms with van der Waals surface area (Å²) in [5.41, 5.74) is 1.21. The van der Waals surface area contributed by atoms with Gasteiger partial charge in [-0.15, -0.1) is 0 Å². The van der Waals surface area contributed by atoms with Gasteiger partial charge >= 0.3 is 0 Å². The molecule has 21 heavy (non-hydrogen) atoms. The van der Waals surface area contributed by atoms with Gasteiger partial charge in [0, 0.05) is 37.8 Å². The Morgan fingerprint density at radius 2 is 2.29 bits per heavy atom. The van der Waals surface area contributed by atoms with Crippen molar-refractivity contribution in [3.05, 3.63) is 23.9 Å². The van der Waals surface area contributed by atoms with Crippen LogP contribution < -0.4 is 15.5 Å². The average Bonchev–Trinajstić information content (AvgIpc) is 2.53. The molecular weight excluding hydrogens is 264 g/mol. The smallest absolute Gasteiger partial charge is 0.220 e. The van der Waals surface area contributed by atoms with E-state index in [4.69, 9.17) is 0 Å². The normalized spacial score (nSPS) is 27.0. The van der Waals surface area contributed by atoms with E-state index >= 15 is 0 Å². The van der Waals surface area contributed by atoms with Crippen molar-refractivity contribution in [1.82, 2.24) is 15.6 Å². The molecule has 2 N–H and O–H groups in total. The molecule has 5 nitrogen and oxygen atoms in total. The Hall–Kier alpha value is -1.62. The largest absolute Gasteiger partial charge is 0.356 e. The molecule has 3 heterocycles. The van der Waals surface area contributed by atoms with Crippen LogP contribution in [0.1, 0.15) is 37.8 Å². The Morgan fingerprint density at radius 1 is 1.43 bits per heavy atom. The van der Waals surface area contributed by atoms with Gasteiger partial charge in [-0.1, -0.05) is 6.07 Å². The number of anilines is 1. The zero-order chi connectivity index (χ0) is 14.8. The van der Waals surface area contributed by atoms with Crippen molar-refractivity contribution in [2.45, 2.75) is 38.3 Å². The zero-order valence-corrected chi connectivity index (χ0v) is 12.8. The predicted octanol–water partition coefficient (Wildman–Crippen LogP) is 1.47. The van der Waals surface area contributed by atoms with E-state index in [0.29, 0.717) is 24.4 Å². The fourth-order valence-electron chi connectivity index (χ4n) is 3.33. The molecule has 0 bridgehead atoms. The first-order valence-corrected chi connectivity index (χ1v) is 7.85. The summed E-state index contributed by atoms with van der Waals surface area (Å²) < 4.78 is 0. The first-order chi connectivity index (χ1) is 10.2. The highest BCUT2D eigenvalue weighted by Gasteiger charge is 2.34. The van der Waals surface area contributed by atoms with Crippen LogP contribution in [0.3, 0.4) is 0 Å². The van der Waals surface area contributed by atoms with E-state index in [0.717, 1.165) is 31.7 Å². The van der Waals surface area contributed by atoms with Crippen LogP contribution in [0.5, 0.6) is 0 Å². The van der Waals surface area contributed by atoms with Crippen LogP contribution in [0.25, 0.3) is 0 Å². The van der Waals surface area contributed by atoms with Crippen LogP contribution >= 0.6 is 0 Å². The number of rotatable bonds is 3. The Morgan fingerprint density at radius 3 is 3.00 bits per heavy atom. The summed E-state index contributed by atoms with van der Waals surface area (Å²) in [4.78, 5) is 18.4. The molecule has 0 radical (unpaired) electrons. The minimum Gasteiger partial charge on any atom is -0.356 e. The van der Waals surface area contributed by atoms with E-state index in [1.54, 1.807) is 0 Å². The van der Waals surface area contributed by atoms with Crippen LogP contribution in [0.15, 0.2) is 18.3 Å². The summed E-state index contributed by atoms with van der Waals surface area (Å²) in [6, 6.07) is 4.96. The third-order valence-electron chi connectivity index (χ3n) is 4.85. The Bertz CT molecular complexity index is 502. The lowest BCUT2D eigenvalue weighted by Gasteiger charge is -2.41. The molecule has 3 atom stereocenters. The highest BCUT2D eigenvalue weighted by molar-refractivity contribution is 5.77. The van der Waals surface area contributed by atoms with Gasteiger partial charge in [0.2, 0.25) is 5.91 Å². The molecule has 114 valence electrons. The molecule has 2 aliphatic heterocycles. The summed E-state index contributed by atoms with van der Waals surface area (Å²) >= 11 is 0. The van der Waals surface area contributed by atoms with E-state index in [1.165, 1.54) is 5.56 Å². The molecule has 0 spiro atoms. The molecule has 2 fully saturated rings. The molecule has 5 heteroatoms. The number of carbonyl (C=O) groups is 1. The van der Waals surface area contributed by atoms with Crippen molar-refractivity contribution in [3.63, 3.8) is 0 Å². The Balaban J connectivity index is 1.66. The van der Waals surface area contributed by atoms with Gasteiger partial charge < -0.3 is 15.5 Å². The molecule has 1 aromatic rings. The molecule has 3 rings (SSSR count). The molecule has 1 amide bonds. The predicted molar refractivity (Wildman–Crippen MR) is 83.2 cm³/mol. The van der Waals surface area contributed by atoms with Crippen molar-refractivity contribution < 1.29 is 4.79 Å². The lowest BCUT2D eigenvalue weighted by atomic mass is 9.85. The Labute approximate surface area is 126 Å². The maximum Gasteiger partial charge on any atom is 0.220 e. The minimum atomic E-state index is 0.216. The number of fused-ring (bicyclic) bond motifs is 1. The highest BCUT2D eigenvalue weighted by Crippen LogP contribution is 2.28. The van der Waals surface area contributed by atoms with Gasteiger partial charge in [0.05, 0.1) is 0 Å². The number of nitrogens with one attached hydrogen (secondary N) is 2. The average molecular weight is 288 g/mol. The van der Waals surface area contributed by atoms with Gasteiger partial charge in [0.25, 0.3) is 0 Å². The maximum absolute atomic E-state index is 11.5. The second kappa shape index (κ2) is 6.02. The van der Waals surface area contributed by atoms with E-state index < -0.39 is 0 Å². The summed E-state index contributed by atoms with van der Waals surface area (Å²) in [6.07, 6.45) is 4.65. The molecular formula is C16H24N4O. The quantitative estimate of drug-likeness (QED) is 0.884. The summed E-state index contributed by atoms with van der Waals surface area (Å²) in [7, 11) is 1.96. The van der Waals surface area contributed by atoms with E-state index in [1.807, 2.05) is 13.2 Å². The molecule has 1 aromatic heterocycles. The van der Waals surface area contributed by atoms with Crippen LogP contribution in [0.2, 0.25) is 0 Å². The molecule has 2 aliphatic rings. The first-order valence-electron chi connectivity index (χ1n) is 7.85. The standard InChI is InChI=1S/C16H24N4O/c1-11(17-2)12-3-5-15(18-9-12)20-8-7-14-13(10-20)4-6-16(21)19-14/h3,5,9,11,13-14,17H,4,6-8,10H2,1-2H3,(H,19,21). The zero-order valence-electron chi connectivity index (χ0n) is 12.8. The fourth-order valence-corrected chi connectivity index (χ4v) is 3.33. The van der Waals surface area contributed by atoms with Gasteiger partial charge in [-0.3, -0.25) is 4.79 Å². The maximum atomic E-state index is 11.5. The monoisotopic (exact) mass is 288 g/mol. The van der Waals surface area contributed by atoms with Crippen molar-refractivity contribution >= 4 is 11.7 Å². The summed E-state index contributed by atoms with van der Waals surface area (Å²) in [5, 5.41) is 6.36. The van der Waals surface area contributed by atoms with E-state index in [-0.39, 0.29) is 5.91 Å². The highest BCUT2D eigenvalue weighted by atomic mass is 16.1. The van der Waals surface area contributed by atoms with Gasteiger partial charge in [-0.2, -0.15) is 0 Å². The lowest BCUT2D eigenvalue weighted by molar-refractivity contribution is -0.124. The third-order valence-corrected chi connectivity index (χ3v) is 4.85. The second-order valence-electron chi connectivity index (χ2n) is 6.17. The number of pyridine rings is 1. The molecule has 0 saturated carbocycles. The van der Waals surface area contributed by atoms with E-state index in [2.05, 4.69) is 39.6 Å². The molecule has 2 saturated heterocycles.